The number of benzene rings is 1. The molecule has 1 spiro atoms. The molecule has 3 nitrogen and oxygen atoms in total. The number of aryl methyl sites for hydroxylation is 1. The molecule has 120 valence electrons. The van der Waals surface area contributed by atoms with E-state index in [4.69, 9.17) is 4.74 Å². The number of fused-ring (bicyclic) bond motifs is 1. The first-order valence-electron chi connectivity index (χ1n) is 8.66. The average Bonchev–Trinajstić information content (AvgIpc) is 3.02. The summed E-state index contributed by atoms with van der Waals surface area (Å²) in [6.07, 6.45) is 9.75. The zero-order valence-electron chi connectivity index (χ0n) is 13.7. The van der Waals surface area contributed by atoms with Gasteiger partial charge in [0.15, 0.2) is 0 Å². The zero-order valence-corrected chi connectivity index (χ0v) is 13.7. The SMILES string of the molecule is Cc1ccc2c(c1)C(NCc1ccncc1)CC1(CCCC1)O2. The summed E-state index contributed by atoms with van der Waals surface area (Å²) in [6.45, 7) is 3.02. The van der Waals surface area contributed by atoms with E-state index in [1.54, 1.807) is 0 Å². The van der Waals surface area contributed by atoms with Gasteiger partial charge in [-0.3, -0.25) is 4.98 Å². The van der Waals surface area contributed by atoms with E-state index in [9.17, 15) is 0 Å². The number of hydrogen-bond acceptors (Lipinski definition) is 3. The van der Waals surface area contributed by atoms with Crippen LogP contribution in [-0.4, -0.2) is 10.6 Å². The summed E-state index contributed by atoms with van der Waals surface area (Å²) in [7, 11) is 0. The molecule has 1 N–H and O–H groups in total. The molecule has 3 heteroatoms. The van der Waals surface area contributed by atoms with Crippen LogP contribution in [0.2, 0.25) is 0 Å². The minimum atomic E-state index is 0.0537. The highest BCUT2D eigenvalue weighted by Gasteiger charge is 2.42. The first kappa shape index (κ1) is 14.7. The molecule has 1 aliphatic heterocycles. The smallest absolute Gasteiger partial charge is 0.124 e. The number of hydrogen-bond donors (Lipinski definition) is 1. The molecule has 1 fully saturated rings. The summed E-state index contributed by atoms with van der Waals surface area (Å²) < 4.78 is 6.47. The van der Waals surface area contributed by atoms with Gasteiger partial charge < -0.3 is 10.1 Å². The molecule has 1 aliphatic carbocycles. The van der Waals surface area contributed by atoms with E-state index < -0.39 is 0 Å². The van der Waals surface area contributed by atoms with Gasteiger partial charge in [-0.2, -0.15) is 0 Å². The molecule has 1 unspecified atom stereocenters. The van der Waals surface area contributed by atoms with Crippen LogP contribution >= 0.6 is 0 Å². The van der Waals surface area contributed by atoms with Gasteiger partial charge in [0.1, 0.15) is 11.4 Å². The third kappa shape index (κ3) is 2.98. The van der Waals surface area contributed by atoms with Crippen molar-refractivity contribution in [1.82, 2.24) is 10.3 Å². The Morgan fingerprint density at radius 1 is 1.17 bits per heavy atom. The molecule has 1 aromatic carbocycles. The molecule has 0 saturated heterocycles. The number of pyridine rings is 1. The Bertz CT molecular complexity index is 677. The predicted octanol–water partition coefficient (Wildman–Crippen LogP) is 4.32. The normalized spacial score (nSPS) is 21.9. The molecule has 23 heavy (non-hydrogen) atoms. The van der Waals surface area contributed by atoms with E-state index in [-0.39, 0.29) is 5.60 Å². The lowest BCUT2D eigenvalue weighted by atomic mass is 9.85. The van der Waals surface area contributed by atoms with Gasteiger partial charge in [0.2, 0.25) is 0 Å². The van der Waals surface area contributed by atoms with Crippen molar-refractivity contribution in [1.29, 1.82) is 0 Å². The number of nitrogens with zero attached hydrogens (tertiary/aromatic N) is 1. The van der Waals surface area contributed by atoms with Crippen LogP contribution < -0.4 is 10.1 Å². The second-order valence-electron chi connectivity index (χ2n) is 7.03. The van der Waals surface area contributed by atoms with Gasteiger partial charge in [-0.1, -0.05) is 17.7 Å². The number of nitrogens with one attached hydrogen (secondary N) is 1. The van der Waals surface area contributed by atoms with Crippen molar-refractivity contribution in [2.75, 3.05) is 0 Å². The number of ether oxygens (including phenoxy) is 1. The Morgan fingerprint density at radius 2 is 1.96 bits per heavy atom. The lowest BCUT2D eigenvalue weighted by Gasteiger charge is -2.40. The largest absolute Gasteiger partial charge is 0.487 e. The summed E-state index contributed by atoms with van der Waals surface area (Å²) in [5, 5.41) is 3.76. The van der Waals surface area contributed by atoms with Crippen molar-refractivity contribution < 1.29 is 4.74 Å². The zero-order chi connectivity index (χ0) is 15.7. The lowest BCUT2D eigenvalue weighted by Crippen LogP contribution is -2.42. The third-order valence-electron chi connectivity index (χ3n) is 5.26. The molecule has 1 aromatic heterocycles. The number of rotatable bonds is 3. The molecular formula is C20H24N2O. The minimum Gasteiger partial charge on any atom is -0.487 e. The quantitative estimate of drug-likeness (QED) is 0.917. The Hall–Kier alpha value is -1.87. The molecule has 2 aromatic rings. The van der Waals surface area contributed by atoms with Gasteiger partial charge in [-0.05, 0) is 56.4 Å². The Balaban J connectivity index is 1.60. The Morgan fingerprint density at radius 3 is 2.74 bits per heavy atom. The van der Waals surface area contributed by atoms with Crippen LogP contribution in [0.4, 0.5) is 0 Å². The van der Waals surface area contributed by atoms with Gasteiger partial charge in [0, 0.05) is 37.0 Å². The highest BCUT2D eigenvalue weighted by molar-refractivity contribution is 5.42. The number of aromatic nitrogens is 1. The van der Waals surface area contributed by atoms with Crippen LogP contribution in [0.25, 0.3) is 0 Å². The third-order valence-corrected chi connectivity index (χ3v) is 5.26. The molecule has 0 radical (unpaired) electrons. The second-order valence-corrected chi connectivity index (χ2v) is 7.03. The first-order valence-corrected chi connectivity index (χ1v) is 8.66. The van der Waals surface area contributed by atoms with E-state index in [0.29, 0.717) is 6.04 Å². The highest BCUT2D eigenvalue weighted by Crippen LogP contribution is 2.47. The first-order chi connectivity index (χ1) is 11.2. The molecule has 0 amide bonds. The van der Waals surface area contributed by atoms with Gasteiger partial charge >= 0.3 is 0 Å². The second kappa shape index (κ2) is 5.97. The highest BCUT2D eigenvalue weighted by atomic mass is 16.5. The molecule has 1 saturated carbocycles. The summed E-state index contributed by atoms with van der Waals surface area (Å²) in [5.74, 6) is 1.08. The van der Waals surface area contributed by atoms with Crippen LogP contribution in [0, 0.1) is 6.92 Å². The van der Waals surface area contributed by atoms with Crippen molar-refractivity contribution in [3.8, 4) is 5.75 Å². The Labute approximate surface area is 138 Å². The van der Waals surface area contributed by atoms with E-state index in [0.717, 1.165) is 18.7 Å². The van der Waals surface area contributed by atoms with Crippen molar-refractivity contribution in [2.24, 2.45) is 0 Å². The van der Waals surface area contributed by atoms with Crippen molar-refractivity contribution in [3.05, 3.63) is 59.4 Å². The fourth-order valence-electron chi connectivity index (χ4n) is 4.04. The van der Waals surface area contributed by atoms with Crippen LogP contribution in [0.15, 0.2) is 42.7 Å². The topological polar surface area (TPSA) is 34.2 Å². The van der Waals surface area contributed by atoms with Crippen LogP contribution in [0.5, 0.6) is 5.75 Å². The van der Waals surface area contributed by atoms with Gasteiger partial charge in [-0.25, -0.2) is 0 Å². The van der Waals surface area contributed by atoms with Crippen molar-refractivity contribution in [3.63, 3.8) is 0 Å². The molecule has 2 aliphatic rings. The van der Waals surface area contributed by atoms with Crippen LogP contribution in [0.3, 0.4) is 0 Å². The fraction of sp³-hybridized carbons (Fsp3) is 0.450. The molecule has 2 heterocycles. The molecule has 1 atom stereocenters. The van der Waals surface area contributed by atoms with Crippen LogP contribution in [0.1, 0.15) is 54.8 Å². The fourth-order valence-corrected chi connectivity index (χ4v) is 4.04. The van der Waals surface area contributed by atoms with Crippen LogP contribution in [-0.2, 0) is 6.54 Å². The van der Waals surface area contributed by atoms with E-state index >= 15 is 0 Å². The molecular weight excluding hydrogens is 284 g/mol. The van der Waals surface area contributed by atoms with Crippen molar-refractivity contribution >= 4 is 0 Å². The summed E-state index contributed by atoms with van der Waals surface area (Å²) in [6, 6.07) is 11.1. The maximum Gasteiger partial charge on any atom is 0.124 e. The van der Waals surface area contributed by atoms with Crippen molar-refractivity contribution in [2.45, 2.75) is 57.2 Å². The van der Waals surface area contributed by atoms with E-state index in [2.05, 4.69) is 47.6 Å². The molecule has 0 bridgehead atoms. The van der Waals surface area contributed by atoms with Gasteiger partial charge in [-0.15, -0.1) is 0 Å². The van der Waals surface area contributed by atoms with E-state index in [1.165, 1.54) is 42.4 Å². The van der Waals surface area contributed by atoms with Gasteiger partial charge in [0.05, 0.1) is 0 Å². The summed E-state index contributed by atoms with van der Waals surface area (Å²) in [4.78, 5) is 4.10. The standard InChI is InChI=1S/C20H24N2O/c1-15-4-5-19-17(12-15)18(13-20(23-19)8-2-3-9-20)22-14-16-6-10-21-11-7-16/h4-7,10-12,18,22H,2-3,8-9,13-14H2,1H3. The Kier molecular flexibility index (Phi) is 3.82. The van der Waals surface area contributed by atoms with Gasteiger partial charge in [0.25, 0.3) is 0 Å². The van der Waals surface area contributed by atoms with E-state index in [1.807, 2.05) is 12.4 Å². The molecule has 4 rings (SSSR count). The maximum atomic E-state index is 6.47. The monoisotopic (exact) mass is 308 g/mol. The minimum absolute atomic E-state index is 0.0537. The summed E-state index contributed by atoms with van der Waals surface area (Å²) >= 11 is 0. The maximum absolute atomic E-state index is 6.47. The predicted molar refractivity (Wildman–Crippen MR) is 91.4 cm³/mol. The average molecular weight is 308 g/mol. The summed E-state index contributed by atoms with van der Waals surface area (Å²) in [5.41, 5.74) is 3.95. The lowest BCUT2D eigenvalue weighted by molar-refractivity contribution is 0.0364.